The second-order valence-electron chi connectivity index (χ2n) is 10.7. The summed E-state index contributed by atoms with van der Waals surface area (Å²) in [5.74, 6) is 2.17. The van der Waals surface area contributed by atoms with E-state index in [0.717, 1.165) is 11.1 Å². The van der Waals surface area contributed by atoms with Gasteiger partial charge in [-0.15, -0.1) is 5.10 Å². The average molecular weight is 546 g/mol. The van der Waals surface area contributed by atoms with Crippen LogP contribution in [0, 0.1) is 5.92 Å². The van der Waals surface area contributed by atoms with E-state index in [4.69, 9.17) is 13.9 Å². The molecule has 1 aromatic heterocycles. The number of amides is 1. The zero-order chi connectivity index (χ0) is 28.0. The van der Waals surface area contributed by atoms with Crippen LogP contribution >= 0.6 is 11.8 Å². The molecular formula is C31H35N3O4S. The van der Waals surface area contributed by atoms with Crippen LogP contribution in [0.25, 0.3) is 6.08 Å². The van der Waals surface area contributed by atoms with Gasteiger partial charge in [-0.2, -0.15) is 5.10 Å². The van der Waals surface area contributed by atoms with Crippen LogP contribution in [0.4, 0.5) is 0 Å². The summed E-state index contributed by atoms with van der Waals surface area (Å²) in [6.45, 7) is 11.6. The highest BCUT2D eigenvalue weighted by Gasteiger charge is 2.34. The third kappa shape index (κ3) is 7.41. The van der Waals surface area contributed by atoms with Crippen LogP contribution in [0.1, 0.15) is 57.1 Å². The van der Waals surface area contributed by atoms with Gasteiger partial charge >= 0.3 is 0 Å². The van der Waals surface area contributed by atoms with E-state index < -0.39 is 0 Å². The molecule has 1 amide bonds. The number of furan rings is 1. The molecule has 0 N–H and O–H groups in total. The predicted octanol–water partition coefficient (Wildman–Crippen LogP) is 7.13. The van der Waals surface area contributed by atoms with Crippen molar-refractivity contribution in [3.8, 4) is 11.5 Å². The molecule has 8 heteroatoms. The molecule has 2 aromatic carbocycles. The van der Waals surface area contributed by atoms with Gasteiger partial charge in [0.1, 0.15) is 5.76 Å². The highest BCUT2D eigenvalue weighted by atomic mass is 32.2. The van der Waals surface area contributed by atoms with Crippen molar-refractivity contribution < 1.29 is 18.7 Å². The van der Waals surface area contributed by atoms with Gasteiger partial charge in [-0.1, -0.05) is 65.0 Å². The number of carbonyl (C=O) groups is 1. The number of amidine groups is 1. The lowest BCUT2D eigenvalue weighted by Crippen LogP contribution is -2.28. The van der Waals surface area contributed by atoms with E-state index in [0.29, 0.717) is 39.9 Å². The second-order valence-corrected chi connectivity index (χ2v) is 11.7. The Balaban J connectivity index is 1.58. The molecule has 1 fully saturated rings. The fourth-order valence-electron chi connectivity index (χ4n) is 3.80. The topological polar surface area (TPSA) is 76.6 Å². The molecule has 1 aliphatic rings. The molecule has 39 heavy (non-hydrogen) atoms. The van der Waals surface area contributed by atoms with Gasteiger partial charge in [0.25, 0.3) is 5.91 Å². The molecule has 7 nitrogen and oxygen atoms in total. The van der Waals surface area contributed by atoms with E-state index in [9.17, 15) is 4.79 Å². The third-order valence-corrected chi connectivity index (χ3v) is 6.96. The van der Waals surface area contributed by atoms with Gasteiger partial charge in [-0.25, -0.2) is 0 Å². The van der Waals surface area contributed by atoms with Crippen molar-refractivity contribution in [3.63, 3.8) is 0 Å². The highest BCUT2D eigenvalue weighted by Crippen LogP contribution is 2.36. The lowest BCUT2D eigenvalue weighted by molar-refractivity contribution is -0.122. The van der Waals surface area contributed by atoms with Gasteiger partial charge in [-0.05, 0) is 70.1 Å². The minimum Gasteiger partial charge on any atom is -0.493 e. The number of benzene rings is 2. The van der Waals surface area contributed by atoms with Crippen molar-refractivity contribution in [3.05, 3.63) is 88.2 Å². The molecular weight excluding hydrogens is 510 g/mol. The Kier molecular flexibility index (Phi) is 8.97. The Morgan fingerprint density at radius 3 is 2.44 bits per heavy atom. The fourth-order valence-corrected chi connectivity index (χ4v) is 4.73. The van der Waals surface area contributed by atoms with Crippen molar-refractivity contribution in [1.82, 2.24) is 4.90 Å². The summed E-state index contributed by atoms with van der Waals surface area (Å²) >= 11 is 1.28. The smallest absolute Gasteiger partial charge is 0.267 e. The maximum absolute atomic E-state index is 13.4. The van der Waals surface area contributed by atoms with Gasteiger partial charge in [0, 0.05) is 0 Å². The summed E-state index contributed by atoms with van der Waals surface area (Å²) in [5.41, 5.74) is 3.08. The Hall–Kier alpha value is -3.78. The molecule has 0 saturated carbocycles. The van der Waals surface area contributed by atoms with Crippen LogP contribution in [-0.2, 0) is 16.8 Å². The molecule has 0 radical (unpaired) electrons. The molecule has 0 spiro atoms. The molecule has 1 aliphatic heterocycles. The SMILES string of the molecule is COc1cc(/C=C2\S/C(=N/N=C\c3ccc(C(C)(C)C)cc3)N(Cc3ccco3)C2=O)ccc1OCC(C)C. The number of thioether (sulfide) groups is 1. The molecule has 204 valence electrons. The monoisotopic (exact) mass is 545 g/mol. The largest absolute Gasteiger partial charge is 0.493 e. The molecule has 1 saturated heterocycles. The average Bonchev–Trinajstić information content (AvgIpc) is 3.52. The number of ether oxygens (including phenoxy) is 2. The maximum Gasteiger partial charge on any atom is 0.267 e. The summed E-state index contributed by atoms with van der Waals surface area (Å²) in [7, 11) is 1.61. The Morgan fingerprint density at radius 1 is 1.05 bits per heavy atom. The Labute approximate surface area is 234 Å². The minimum atomic E-state index is -0.168. The van der Waals surface area contributed by atoms with Crippen LogP contribution < -0.4 is 9.47 Å². The van der Waals surface area contributed by atoms with Gasteiger partial charge in [0.15, 0.2) is 16.7 Å². The van der Waals surface area contributed by atoms with Crippen molar-refractivity contribution in [2.24, 2.45) is 16.1 Å². The number of nitrogens with zero attached hydrogens (tertiary/aromatic N) is 3. The van der Waals surface area contributed by atoms with Crippen LogP contribution in [-0.4, -0.2) is 35.9 Å². The van der Waals surface area contributed by atoms with Crippen LogP contribution in [0.5, 0.6) is 11.5 Å². The molecule has 0 bridgehead atoms. The zero-order valence-electron chi connectivity index (χ0n) is 23.3. The molecule has 4 rings (SSSR count). The number of hydrogen-bond acceptors (Lipinski definition) is 7. The first kappa shape index (κ1) is 28.2. The first-order valence-corrected chi connectivity index (χ1v) is 13.7. The van der Waals surface area contributed by atoms with Crippen molar-refractivity contribution in [2.45, 2.75) is 46.6 Å². The van der Waals surface area contributed by atoms with E-state index in [2.05, 4.69) is 57.0 Å². The second kappa shape index (κ2) is 12.4. The fraction of sp³-hybridized carbons (Fsp3) is 0.323. The Bertz CT molecular complexity index is 1370. The third-order valence-electron chi connectivity index (χ3n) is 5.97. The lowest BCUT2D eigenvalue weighted by Gasteiger charge is -2.18. The van der Waals surface area contributed by atoms with Crippen molar-refractivity contribution >= 4 is 35.1 Å². The summed E-state index contributed by atoms with van der Waals surface area (Å²) < 4.78 is 16.9. The standard InChI is InChI=1S/C31H35N3O4S/c1-21(2)20-38-26-14-11-23(16-27(26)36-6)17-28-29(35)34(19-25-8-7-15-37-25)30(39-28)33-32-18-22-9-12-24(13-10-22)31(3,4)5/h7-18,21H,19-20H2,1-6H3/b28-17-,32-18-,33-30+. The van der Waals surface area contributed by atoms with E-state index in [1.54, 1.807) is 30.6 Å². The quantitative estimate of drug-likeness (QED) is 0.162. The van der Waals surface area contributed by atoms with E-state index in [1.165, 1.54) is 17.3 Å². The van der Waals surface area contributed by atoms with Gasteiger partial charge in [0.05, 0.1) is 37.6 Å². The van der Waals surface area contributed by atoms with Gasteiger partial charge < -0.3 is 13.9 Å². The van der Waals surface area contributed by atoms with E-state index >= 15 is 0 Å². The van der Waals surface area contributed by atoms with Gasteiger partial charge in [-0.3, -0.25) is 9.69 Å². The Morgan fingerprint density at radius 2 is 1.79 bits per heavy atom. The van der Waals surface area contributed by atoms with Crippen molar-refractivity contribution in [2.75, 3.05) is 13.7 Å². The minimum absolute atomic E-state index is 0.0806. The van der Waals surface area contributed by atoms with E-state index in [1.807, 2.05) is 42.5 Å². The number of carbonyl (C=O) groups excluding carboxylic acids is 1. The number of rotatable bonds is 9. The maximum atomic E-state index is 13.4. The molecule has 0 unspecified atom stereocenters. The summed E-state index contributed by atoms with van der Waals surface area (Å²) in [5, 5.41) is 9.19. The molecule has 3 aromatic rings. The van der Waals surface area contributed by atoms with Crippen molar-refractivity contribution in [1.29, 1.82) is 0 Å². The normalized spacial score (nSPS) is 16.3. The van der Waals surface area contributed by atoms with Crippen LogP contribution in [0.2, 0.25) is 0 Å². The number of hydrogen-bond donors (Lipinski definition) is 0. The first-order chi connectivity index (χ1) is 18.6. The van der Waals surface area contributed by atoms with Crippen LogP contribution in [0.15, 0.2) is 80.4 Å². The molecule has 0 aliphatic carbocycles. The summed E-state index contributed by atoms with van der Waals surface area (Å²) in [6, 6.07) is 17.5. The first-order valence-electron chi connectivity index (χ1n) is 12.9. The molecule has 2 heterocycles. The predicted molar refractivity (Wildman–Crippen MR) is 158 cm³/mol. The highest BCUT2D eigenvalue weighted by molar-refractivity contribution is 8.18. The summed E-state index contributed by atoms with van der Waals surface area (Å²) in [6.07, 6.45) is 5.11. The molecule has 0 atom stereocenters. The van der Waals surface area contributed by atoms with E-state index in [-0.39, 0.29) is 17.9 Å². The van der Waals surface area contributed by atoms with Crippen LogP contribution in [0.3, 0.4) is 0 Å². The van der Waals surface area contributed by atoms with Gasteiger partial charge in [0.2, 0.25) is 0 Å². The summed E-state index contributed by atoms with van der Waals surface area (Å²) in [4.78, 5) is 15.5. The lowest BCUT2D eigenvalue weighted by atomic mass is 9.87. The zero-order valence-corrected chi connectivity index (χ0v) is 24.1. The number of methoxy groups -OCH3 is 1.